The number of imidazole rings is 1. The molecule has 0 amide bonds. The first-order valence-corrected chi connectivity index (χ1v) is 5.36. The molecule has 13 heavy (non-hydrogen) atoms. The molecule has 0 aliphatic carbocycles. The van der Waals surface area contributed by atoms with Gasteiger partial charge in [0, 0.05) is 18.9 Å². The molecular formula is C9H14N2OS. The summed E-state index contributed by atoms with van der Waals surface area (Å²) in [4.78, 5) is 14.9. The fraction of sp³-hybridized carbons (Fsp3) is 0.556. The Balaban J connectivity index is 2.54. The van der Waals surface area contributed by atoms with Gasteiger partial charge >= 0.3 is 0 Å². The summed E-state index contributed by atoms with van der Waals surface area (Å²) in [6.07, 6.45) is 4.81. The second-order valence-corrected chi connectivity index (χ2v) is 3.84. The van der Waals surface area contributed by atoms with Gasteiger partial charge in [0.15, 0.2) is 5.16 Å². The van der Waals surface area contributed by atoms with E-state index < -0.39 is 0 Å². The molecule has 3 nitrogen and oxygen atoms in total. The standard InChI is InChI=1S/C9H14N2OS/c1-3-5-11-6-4-10-9(11)13-7-8(2)12/h4,6H,3,5,7H2,1-2H3. The molecule has 0 aromatic carbocycles. The first-order chi connectivity index (χ1) is 6.24. The fourth-order valence-corrected chi connectivity index (χ4v) is 1.80. The molecule has 0 saturated carbocycles. The van der Waals surface area contributed by atoms with Crippen molar-refractivity contribution in [2.75, 3.05) is 5.75 Å². The van der Waals surface area contributed by atoms with Crippen LogP contribution >= 0.6 is 11.8 Å². The van der Waals surface area contributed by atoms with E-state index in [1.165, 1.54) is 11.8 Å². The van der Waals surface area contributed by atoms with Gasteiger partial charge in [-0.1, -0.05) is 18.7 Å². The van der Waals surface area contributed by atoms with Crippen LogP contribution in [0, 0.1) is 0 Å². The summed E-state index contributed by atoms with van der Waals surface area (Å²) in [5, 5.41) is 0.942. The van der Waals surface area contributed by atoms with E-state index in [-0.39, 0.29) is 5.78 Å². The largest absolute Gasteiger partial charge is 0.326 e. The van der Waals surface area contributed by atoms with Crippen molar-refractivity contribution in [1.82, 2.24) is 9.55 Å². The molecule has 1 aromatic heterocycles. The smallest absolute Gasteiger partial charge is 0.168 e. The van der Waals surface area contributed by atoms with E-state index in [1.54, 1.807) is 13.1 Å². The van der Waals surface area contributed by atoms with E-state index >= 15 is 0 Å². The van der Waals surface area contributed by atoms with Crippen molar-refractivity contribution >= 4 is 17.5 Å². The number of aromatic nitrogens is 2. The summed E-state index contributed by atoms with van der Waals surface area (Å²) in [6.45, 7) is 4.69. The maximum Gasteiger partial charge on any atom is 0.168 e. The first kappa shape index (κ1) is 10.3. The molecule has 0 aliphatic heterocycles. The van der Waals surface area contributed by atoms with Gasteiger partial charge in [-0.3, -0.25) is 4.79 Å². The number of nitrogens with zero attached hydrogens (tertiary/aromatic N) is 2. The van der Waals surface area contributed by atoms with Gasteiger partial charge in [0.2, 0.25) is 0 Å². The van der Waals surface area contributed by atoms with Crippen LogP contribution in [0.2, 0.25) is 0 Å². The second-order valence-electron chi connectivity index (χ2n) is 2.89. The third-order valence-corrected chi connectivity index (χ3v) is 2.70. The fourth-order valence-electron chi connectivity index (χ4n) is 1.01. The number of ketones is 1. The highest BCUT2D eigenvalue weighted by molar-refractivity contribution is 7.99. The number of thioether (sulfide) groups is 1. The van der Waals surface area contributed by atoms with Gasteiger partial charge in [-0.25, -0.2) is 4.98 Å². The van der Waals surface area contributed by atoms with E-state index in [0.717, 1.165) is 18.1 Å². The lowest BCUT2D eigenvalue weighted by Gasteiger charge is -2.03. The van der Waals surface area contributed by atoms with Crippen LogP contribution in [-0.2, 0) is 11.3 Å². The van der Waals surface area contributed by atoms with E-state index in [0.29, 0.717) is 5.75 Å². The topological polar surface area (TPSA) is 34.9 Å². The normalized spacial score (nSPS) is 10.3. The van der Waals surface area contributed by atoms with Gasteiger partial charge < -0.3 is 4.57 Å². The predicted molar refractivity (Wildman–Crippen MR) is 53.9 cm³/mol. The van der Waals surface area contributed by atoms with Crippen LogP contribution in [0.25, 0.3) is 0 Å². The lowest BCUT2D eigenvalue weighted by Crippen LogP contribution is -2.00. The van der Waals surface area contributed by atoms with E-state index in [2.05, 4.69) is 16.5 Å². The molecule has 0 fully saturated rings. The summed E-state index contributed by atoms with van der Waals surface area (Å²) in [5.74, 6) is 0.705. The van der Waals surface area contributed by atoms with Crippen LogP contribution < -0.4 is 0 Å². The second kappa shape index (κ2) is 5.07. The number of aryl methyl sites for hydroxylation is 1. The first-order valence-electron chi connectivity index (χ1n) is 4.37. The quantitative estimate of drug-likeness (QED) is 0.678. The van der Waals surface area contributed by atoms with Crippen molar-refractivity contribution in [3.8, 4) is 0 Å². The van der Waals surface area contributed by atoms with Gasteiger partial charge in [-0.15, -0.1) is 0 Å². The van der Waals surface area contributed by atoms with Gasteiger partial charge in [-0.05, 0) is 13.3 Å². The van der Waals surface area contributed by atoms with Gasteiger partial charge in [-0.2, -0.15) is 0 Å². The van der Waals surface area contributed by atoms with Crippen LogP contribution in [0.4, 0.5) is 0 Å². The summed E-state index contributed by atoms with van der Waals surface area (Å²) in [7, 11) is 0. The highest BCUT2D eigenvalue weighted by Crippen LogP contribution is 2.15. The molecule has 0 aliphatic rings. The average Bonchev–Trinajstić information content (AvgIpc) is 2.49. The maximum absolute atomic E-state index is 10.8. The summed E-state index contributed by atoms with van der Waals surface area (Å²) >= 11 is 1.50. The zero-order valence-electron chi connectivity index (χ0n) is 7.99. The minimum Gasteiger partial charge on any atom is -0.326 e. The molecule has 1 aromatic rings. The molecule has 0 saturated heterocycles. The third kappa shape index (κ3) is 3.22. The zero-order chi connectivity index (χ0) is 9.68. The molecule has 1 heterocycles. The predicted octanol–water partition coefficient (Wildman–Crippen LogP) is 1.97. The number of hydrogen-bond acceptors (Lipinski definition) is 3. The highest BCUT2D eigenvalue weighted by atomic mass is 32.2. The lowest BCUT2D eigenvalue weighted by molar-refractivity contribution is -0.114. The number of carbonyl (C=O) groups excluding carboxylic acids is 1. The van der Waals surface area contributed by atoms with Gasteiger partial charge in [0.05, 0.1) is 5.75 Å². The minimum atomic E-state index is 0.191. The SMILES string of the molecule is CCCn1ccnc1SCC(C)=O. The summed E-state index contributed by atoms with van der Waals surface area (Å²) in [5.41, 5.74) is 0. The molecule has 1 rings (SSSR count). The van der Waals surface area contributed by atoms with Crippen molar-refractivity contribution in [2.24, 2.45) is 0 Å². The number of carbonyl (C=O) groups is 1. The van der Waals surface area contributed by atoms with Crippen molar-refractivity contribution < 1.29 is 4.79 Å². The van der Waals surface area contributed by atoms with E-state index in [9.17, 15) is 4.79 Å². The van der Waals surface area contributed by atoms with Gasteiger partial charge in [0.25, 0.3) is 0 Å². The number of hydrogen-bond donors (Lipinski definition) is 0. The van der Waals surface area contributed by atoms with Crippen LogP contribution in [0.3, 0.4) is 0 Å². The number of rotatable bonds is 5. The molecule has 0 spiro atoms. The maximum atomic E-state index is 10.8. The van der Waals surface area contributed by atoms with Crippen molar-refractivity contribution in [3.63, 3.8) is 0 Å². The van der Waals surface area contributed by atoms with Crippen molar-refractivity contribution in [1.29, 1.82) is 0 Å². The molecule has 0 unspecified atom stereocenters. The minimum absolute atomic E-state index is 0.191. The Morgan fingerprint density at radius 2 is 2.46 bits per heavy atom. The van der Waals surface area contributed by atoms with Gasteiger partial charge in [0.1, 0.15) is 5.78 Å². The Kier molecular flexibility index (Phi) is 4.02. The molecule has 4 heteroatoms. The van der Waals surface area contributed by atoms with Crippen molar-refractivity contribution in [3.05, 3.63) is 12.4 Å². The Morgan fingerprint density at radius 3 is 3.08 bits per heavy atom. The van der Waals surface area contributed by atoms with Crippen LogP contribution in [0.5, 0.6) is 0 Å². The van der Waals surface area contributed by atoms with E-state index in [1.807, 2.05) is 6.20 Å². The van der Waals surface area contributed by atoms with Crippen molar-refractivity contribution in [2.45, 2.75) is 32.0 Å². The third-order valence-electron chi connectivity index (χ3n) is 1.55. The Morgan fingerprint density at radius 1 is 1.69 bits per heavy atom. The van der Waals surface area contributed by atoms with Crippen LogP contribution in [0.15, 0.2) is 17.6 Å². The molecular weight excluding hydrogens is 184 g/mol. The number of Topliss-reactive ketones (excluding diaryl/α,β-unsaturated/α-hetero) is 1. The Bertz CT molecular complexity index is 283. The molecule has 0 N–H and O–H groups in total. The Labute approximate surface area is 82.5 Å². The highest BCUT2D eigenvalue weighted by Gasteiger charge is 2.03. The van der Waals surface area contributed by atoms with E-state index in [4.69, 9.17) is 0 Å². The molecule has 0 atom stereocenters. The molecule has 0 bridgehead atoms. The van der Waals surface area contributed by atoms with Crippen LogP contribution in [0.1, 0.15) is 20.3 Å². The monoisotopic (exact) mass is 198 g/mol. The van der Waals surface area contributed by atoms with Crippen LogP contribution in [-0.4, -0.2) is 21.1 Å². The summed E-state index contributed by atoms with van der Waals surface area (Å²) < 4.78 is 2.08. The lowest BCUT2D eigenvalue weighted by atomic mass is 10.5. The molecule has 72 valence electrons. The molecule has 0 radical (unpaired) electrons. The zero-order valence-corrected chi connectivity index (χ0v) is 8.80. The summed E-state index contributed by atoms with van der Waals surface area (Å²) in [6, 6.07) is 0. The average molecular weight is 198 g/mol. The Hall–Kier alpha value is -0.770.